The monoisotopic (exact) mass is 328 g/mol. The van der Waals surface area contributed by atoms with Crippen LogP contribution in [0.15, 0.2) is 0 Å². The molecule has 0 spiro atoms. The lowest BCUT2D eigenvalue weighted by molar-refractivity contribution is -0.129. The Hall–Kier alpha value is -0.820. The Morgan fingerprint density at radius 1 is 1.43 bits per heavy atom. The van der Waals surface area contributed by atoms with Gasteiger partial charge in [-0.3, -0.25) is 9.89 Å². The Bertz CT molecular complexity index is 517. The van der Waals surface area contributed by atoms with E-state index in [0.29, 0.717) is 16.4 Å². The Labute approximate surface area is 135 Å². The number of thioether (sulfide) groups is 1. The molecule has 1 saturated heterocycles. The molecule has 2 rings (SSSR count). The third kappa shape index (κ3) is 4.10. The third-order valence-electron chi connectivity index (χ3n) is 3.89. The van der Waals surface area contributed by atoms with Crippen LogP contribution in [0, 0.1) is 4.77 Å². The van der Waals surface area contributed by atoms with Crippen molar-refractivity contribution in [3.63, 3.8) is 0 Å². The van der Waals surface area contributed by atoms with Gasteiger partial charge < -0.3 is 9.47 Å². The van der Waals surface area contributed by atoms with Crippen LogP contribution in [0.2, 0.25) is 0 Å². The lowest BCUT2D eigenvalue weighted by Gasteiger charge is -2.31. The van der Waals surface area contributed by atoms with Gasteiger partial charge in [-0.15, -0.1) is 0 Å². The van der Waals surface area contributed by atoms with Gasteiger partial charge in [0.2, 0.25) is 5.91 Å². The predicted molar refractivity (Wildman–Crippen MR) is 89.3 cm³/mol. The van der Waals surface area contributed by atoms with Gasteiger partial charge in [0.15, 0.2) is 4.77 Å². The molecule has 1 aliphatic rings. The number of aromatic nitrogens is 3. The quantitative estimate of drug-likeness (QED) is 0.644. The van der Waals surface area contributed by atoms with Crippen LogP contribution in [0.5, 0.6) is 0 Å². The van der Waals surface area contributed by atoms with Gasteiger partial charge >= 0.3 is 0 Å². The van der Waals surface area contributed by atoms with Crippen molar-refractivity contribution in [1.82, 2.24) is 19.7 Å². The third-order valence-corrected chi connectivity index (χ3v) is 5.35. The number of rotatable bonds is 6. The van der Waals surface area contributed by atoms with Crippen LogP contribution in [0.4, 0.5) is 0 Å². The predicted octanol–water partition coefficient (Wildman–Crippen LogP) is 2.81. The van der Waals surface area contributed by atoms with Gasteiger partial charge in [-0.05, 0) is 44.2 Å². The minimum absolute atomic E-state index is 0.279. The minimum Gasteiger partial charge on any atom is -0.342 e. The zero-order valence-corrected chi connectivity index (χ0v) is 14.4. The van der Waals surface area contributed by atoms with Crippen LogP contribution < -0.4 is 0 Å². The lowest BCUT2D eigenvalue weighted by Crippen LogP contribution is -2.39. The number of H-pyrrole nitrogens is 1. The summed E-state index contributed by atoms with van der Waals surface area (Å²) in [6, 6.07) is 0. The first-order chi connectivity index (χ1) is 10.2. The van der Waals surface area contributed by atoms with Crippen molar-refractivity contribution in [2.45, 2.75) is 45.6 Å². The van der Waals surface area contributed by atoms with E-state index in [1.165, 1.54) is 0 Å². The average molecular weight is 329 g/mol. The summed E-state index contributed by atoms with van der Waals surface area (Å²) >= 11 is 6.98. The van der Waals surface area contributed by atoms with Crippen molar-refractivity contribution >= 4 is 29.9 Å². The van der Waals surface area contributed by atoms with E-state index in [0.717, 1.165) is 50.5 Å². The molecule has 1 fully saturated rings. The van der Waals surface area contributed by atoms with E-state index in [2.05, 4.69) is 28.6 Å². The van der Waals surface area contributed by atoms with E-state index < -0.39 is 0 Å². The summed E-state index contributed by atoms with van der Waals surface area (Å²) in [4.78, 5) is 14.1. The van der Waals surface area contributed by atoms with Crippen LogP contribution in [0.1, 0.15) is 44.9 Å². The molecule has 0 atom stereocenters. The molecule has 1 aromatic heterocycles. The fourth-order valence-electron chi connectivity index (χ4n) is 2.73. The maximum Gasteiger partial charge on any atom is 0.232 e. The molecule has 0 bridgehead atoms. The smallest absolute Gasteiger partial charge is 0.232 e. The number of amides is 1. The molecular weight excluding hydrogens is 304 g/mol. The largest absolute Gasteiger partial charge is 0.342 e. The molecule has 0 saturated carbocycles. The van der Waals surface area contributed by atoms with Crippen molar-refractivity contribution in [2.75, 3.05) is 24.6 Å². The lowest BCUT2D eigenvalue weighted by atomic mass is 9.96. The molecule has 0 radical (unpaired) electrons. The van der Waals surface area contributed by atoms with Gasteiger partial charge in [0.1, 0.15) is 5.82 Å². The average Bonchev–Trinajstić information content (AvgIpc) is 2.88. The van der Waals surface area contributed by atoms with E-state index in [4.69, 9.17) is 12.2 Å². The highest BCUT2D eigenvalue weighted by molar-refractivity contribution is 7.99. The van der Waals surface area contributed by atoms with Gasteiger partial charge in [0.25, 0.3) is 0 Å². The number of piperidine rings is 1. The SMILES string of the molecule is CCCSCC(=O)N1CCC(c2n[nH]c(=S)n2CC)CC1. The molecule has 0 aliphatic carbocycles. The molecule has 0 unspecified atom stereocenters. The summed E-state index contributed by atoms with van der Waals surface area (Å²) in [5, 5.41) is 7.26. The van der Waals surface area contributed by atoms with Crippen molar-refractivity contribution in [3.05, 3.63) is 10.6 Å². The Morgan fingerprint density at radius 3 is 2.76 bits per heavy atom. The Balaban J connectivity index is 1.88. The normalized spacial score (nSPS) is 16.4. The zero-order valence-electron chi connectivity index (χ0n) is 12.8. The van der Waals surface area contributed by atoms with E-state index in [9.17, 15) is 4.79 Å². The second kappa shape index (κ2) is 7.98. The van der Waals surface area contributed by atoms with Crippen molar-refractivity contribution in [3.8, 4) is 0 Å². The molecule has 7 heteroatoms. The van der Waals surface area contributed by atoms with E-state index in [1.807, 2.05) is 4.90 Å². The molecule has 0 aromatic carbocycles. The highest BCUT2D eigenvalue weighted by Crippen LogP contribution is 2.27. The Morgan fingerprint density at radius 2 is 2.14 bits per heavy atom. The first kappa shape index (κ1) is 16.5. The number of carbonyl (C=O) groups is 1. The summed E-state index contributed by atoms with van der Waals surface area (Å²) in [5.41, 5.74) is 0. The maximum atomic E-state index is 12.1. The van der Waals surface area contributed by atoms with Crippen molar-refractivity contribution in [2.24, 2.45) is 0 Å². The molecule has 1 N–H and O–H groups in total. The number of nitrogens with one attached hydrogen (secondary N) is 1. The highest BCUT2D eigenvalue weighted by atomic mass is 32.2. The van der Waals surface area contributed by atoms with Gasteiger partial charge in [0.05, 0.1) is 5.75 Å². The molecule has 5 nitrogen and oxygen atoms in total. The summed E-state index contributed by atoms with van der Waals surface area (Å²) < 4.78 is 2.76. The first-order valence-corrected chi connectivity index (χ1v) is 9.24. The van der Waals surface area contributed by atoms with E-state index in [1.54, 1.807) is 11.8 Å². The van der Waals surface area contributed by atoms with Gasteiger partial charge in [-0.25, -0.2) is 0 Å². The molecule has 1 amide bonds. The fourth-order valence-corrected chi connectivity index (χ4v) is 3.79. The fraction of sp³-hybridized carbons (Fsp3) is 0.786. The van der Waals surface area contributed by atoms with Crippen LogP contribution in [0.3, 0.4) is 0 Å². The molecule has 1 aromatic rings. The highest BCUT2D eigenvalue weighted by Gasteiger charge is 2.26. The van der Waals surface area contributed by atoms with Gasteiger partial charge in [0, 0.05) is 25.6 Å². The van der Waals surface area contributed by atoms with Crippen LogP contribution in [-0.2, 0) is 11.3 Å². The van der Waals surface area contributed by atoms with Crippen LogP contribution in [0.25, 0.3) is 0 Å². The van der Waals surface area contributed by atoms with E-state index in [-0.39, 0.29) is 5.91 Å². The summed E-state index contributed by atoms with van der Waals surface area (Å²) in [6.45, 7) is 6.73. The number of hydrogen-bond acceptors (Lipinski definition) is 4. The molecular formula is C14H24N4OS2. The van der Waals surface area contributed by atoms with Crippen LogP contribution >= 0.6 is 24.0 Å². The minimum atomic E-state index is 0.279. The van der Waals surface area contributed by atoms with Gasteiger partial charge in [-0.2, -0.15) is 16.9 Å². The number of nitrogens with zero attached hydrogens (tertiary/aromatic N) is 3. The molecule has 2 heterocycles. The number of carbonyl (C=O) groups excluding carboxylic acids is 1. The second-order valence-corrected chi connectivity index (χ2v) is 6.83. The molecule has 118 valence electrons. The van der Waals surface area contributed by atoms with Gasteiger partial charge in [-0.1, -0.05) is 6.92 Å². The van der Waals surface area contributed by atoms with E-state index >= 15 is 0 Å². The first-order valence-electron chi connectivity index (χ1n) is 7.68. The summed E-state index contributed by atoms with van der Waals surface area (Å²) in [5.74, 6) is 3.42. The van der Waals surface area contributed by atoms with Crippen molar-refractivity contribution in [1.29, 1.82) is 0 Å². The summed E-state index contributed by atoms with van der Waals surface area (Å²) in [6.07, 6.45) is 3.08. The summed E-state index contributed by atoms with van der Waals surface area (Å²) in [7, 11) is 0. The topological polar surface area (TPSA) is 53.9 Å². The molecule has 21 heavy (non-hydrogen) atoms. The van der Waals surface area contributed by atoms with Crippen LogP contribution in [-0.4, -0.2) is 50.2 Å². The molecule has 1 aliphatic heterocycles. The number of likely N-dealkylation sites (tertiary alicyclic amines) is 1. The standard InChI is InChI=1S/C14H24N4OS2/c1-3-9-21-10-12(19)17-7-5-11(6-8-17)13-15-16-14(20)18(13)4-2/h11H,3-10H2,1-2H3,(H,16,20). The number of aromatic amines is 1. The zero-order chi connectivity index (χ0) is 15.2. The second-order valence-electron chi connectivity index (χ2n) is 5.34. The number of hydrogen-bond donors (Lipinski definition) is 1. The Kier molecular flexibility index (Phi) is 6.29. The maximum absolute atomic E-state index is 12.1. The van der Waals surface area contributed by atoms with Crippen molar-refractivity contribution < 1.29 is 4.79 Å².